The number of aromatic nitrogens is 4. The molecule has 0 amide bonds. The summed E-state index contributed by atoms with van der Waals surface area (Å²) < 4.78 is 1.93. The monoisotopic (exact) mass is 373 g/mol. The molecule has 0 aliphatic carbocycles. The molecule has 0 fully saturated rings. The van der Waals surface area contributed by atoms with Gasteiger partial charge in [-0.2, -0.15) is 0 Å². The van der Waals surface area contributed by atoms with Gasteiger partial charge in [0.15, 0.2) is 0 Å². The summed E-state index contributed by atoms with van der Waals surface area (Å²) in [5.41, 5.74) is 0.437. The summed E-state index contributed by atoms with van der Waals surface area (Å²) in [4.78, 5) is 23.0. The van der Waals surface area contributed by atoms with E-state index in [4.69, 9.17) is 11.6 Å². The SMILES string of the molecule is O=[N+]([O-])c1c(NCCCn2ccnc2)ncnc1Nc1ccc(Cl)cc1. The highest BCUT2D eigenvalue weighted by Crippen LogP contribution is 2.31. The maximum atomic E-state index is 11.5. The molecule has 0 atom stereocenters. The van der Waals surface area contributed by atoms with Gasteiger partial charge < -0.3 is 15.2 Å². The first-order chi connectivity index (χ1) is 12.6. The van der Waals surface area contributed by atoms with Crippen LogP contribution < -0.4 is 10.6 Å². The number of anilines is 3. The summed E-state index contributed by atoms with van der Waals surface area (Å²) in [7, 11) is 0. The third kappa shape index (κ3) is 4.45. The second-order valence-corrected chi connectivity index (χ2v) is 5.83. The summed E-state index contributed by atoms with van der Waals surface area (Å²) in [6.45, 7) is 1.28. The van der Waals surface area contributed by atoms with Crippen molar-refractivity contribution in [1.82, 2.24) is 19.5 Å². The molecule has 0 saturated carbocycles. The fourth-order valence-corrected chi connectivity index (χ4v) is 2.46. The van der Waals surface area contributed by atoms with Crippen molar-refractivity contribution in [3.05, 3.63) is 64.5 Å². The number of aryl methyl sites for hydroxylation is 1. The zero-order valence-electron chi connectivity index (χ0n) is 13.7. The van der Waals surface area contributed by atoms with E-state index in [0.29, 0.717) is 17.3 Å². The molecule has 3 rings (SSSR count). The van der Waals surface area contributed by atoms with Crippen LogP contribution >= 0.6 is 11.6 Å². The highest BCUT2D eigenvalue weighted by molar-refractivity contribution is 6.30. The van der Waals surface area contributed by atoms with Crippen LogP contribution in [-0.4, -0.2) is 31.0 Å². The van der Waals surface area contributed by atoms with Crippen LogP contribution in [0.4, 0.5) is 23.0 Å². The highest BCUT2D eigenvalue weighted by Gasteiger charge is 2.22. The minimum absolute atomic E-state index is 0.115. The number of hydrogen-bond acceptors (Lipinski definition) is 7. The van der Waals surface area contributed by atoms with E-state index >= 15 is 0 Å². The lowest BCUT2D eigenvalue weighted by Gasteiger charge is -2.10. The van der Waals surface area contributed by atoms with Gasteiger partial charge in [0.2, 0.25) is 11.6 Å². The predicted octanol–water partition coefficient (Wildman–Crippen LogP) is 3.48. The van der Waals surface area contributed by atoms with Crippen LogP contribution in [-0.2, 0) is 6.54 Å². The van der Waals surface area contributed by atoms with E-state index in [2.05, 4.69) is 25.6 Å². The number of rotatable bonds is 8. The van der Waals surface area contributed by atoms with Crippen LogP contribution in [0.15, 0.2) is 49.3 Å². The van der Waals surface area contributed by atoms with Gasteiger partial charge in [-0.25, -0.2) is 15.0 Å². The molecule has 3 aromatic rings. The Balaban J connectivity index is 1.70. The van der Waals surface area contributed by atoms with E-state index in [1.807, 2.05) is 10.8 Å². The first-order valence-electron chi connectivity index (χ1n) is 7.85. The molecule has 1 aromatic carbocycles. The zero-order chi connectivity index (χ0) is 18.4. The van der Waals surface area contributed by atoms with E-state index in [1.54, 1.807) is 36.8 Å². The van der Waals surface area contributed by atoms with Gasteiger partial charge in [0.1, 0.15) is 6.33 Å². The molecule has 0 aliphatic heterocycles. The van der Waals surface area contributed by atoms with Crippen molar-refractivity contribution in [1.29, 1.82) is 0 Å². The molecule has 9 nitrogen and oxygen atoms in total. The summed E-state index contributed by atoms with van der Waals surface area (Å²) in [6, 6.07) is 6.80. The van der Waals surface area contributed by atoms with Crippen LogP contribution in [0, 0.1) is 10.1 Å². The third-order valence-electron chi connectivity index (χ3n) is 3.56. The van der Waals surface area contributed by atoms with Crippen molar-refractivity contribution in [3.63, 3.8) is 0 Å². The number of nitrogens with one attached hydrogen (secondary N) is 2. The molecule has 134 valence electrons. The van der Waals surface area contributed by atoms with Crippen LogP contribution in [0.3, 0.4) is 0 Å². The second-order valence-electron chi connectivity index (χ2n) is 5.39. The summed E-state index contributed by atoms with van der Waals surface area (Å²) in [5, 5.41) is 18.0. The second kappa shape index (κ2) is 8.26. The first kappa shape index (κ1) is 17.6. The number of imidazole rings is 1. The quantitative estimate of drug-likeness (QED) is 0.353. The normalized spacial score (nSPS) is 10.5. The maximum absolute atomic E-state index is 11.5. The molecule has 2 heterocycles. The lowest BCUT2D eigenvalue weighted by molar-refractivity contribution is -0.383. The van der Waals surface area contributed by atoms with Crippen molar-refractivity contribution >= 4 is 34.6 Å². The molecule has 0 radical (unpaired) electrons. The summed E-state index contributed by atoms with van der Waals surface area (Å²) in [5.74, 6) is 0.288. The number of nitrogens with zero attached hydrogens (tertiary/aromatic N) is 5. The van der Waals surface area contributed by atoms with Gasteiger partial charge in [0.05, 0.1) is 11.3 Å². The predicted molar refractivity (Wildman–Crippen MR) is 98.8 cm³/mol. The minimum atomic E-state index is -0.504. The average molecular weight is 374 g/mol. The summed E-state index contributed by atoms with van der Waals surface area (Å²) in [6.07, 6.45) is 7.33. The van der Waals surface area contributed by atoms with E-state index in [9.17, 15) is 10.1 Å². The summed E-state index contributed by atoms with van der Waals surface area (Å²) >= 11 is 5.85. The molecule has 2 aromatic heterocycles. The fraction of sp³-hybridized carbons (Fsp3) is 0.188. The molecule has 0 aliphatic rings. The van der Waals surface area contributed by atoms with Gasteiger partial charge in [-0.1, -0.05) is 11.6 Å². The maximum Gasteiger partial charge on any atom is 0.353 e. The number of nitro groups is 1. The molecule has 26 heavy (non-hydrogen) atoms. The van der Waals surface area contributed by atoms with Gasteiger partial charge in [0.25, 0.3) is 0 Å². The molecule has 0 saturated heterocycles. The Morgan fingerprint density at radius 1 is 1.19 bits per heavy atom. The van der Waals surface area contributed by atoms with Crippen molar-refractivity contribution in [3.8, 4) is 0 Å². The van der Waals surface area contributed by atoms with E-state index in [-0.39, 0.29) is 17.3 Å². The molecule has 0 unspecified atom stereocenters. The van der Waals surface area contributed by atoms with Gasteiger partial charge in [-0.05, 0) is 30.7 Å². The first-order valence-corrected chi connectivity index (χ1v) is 8.23. The van der Waals surface area contributed by atoms with E-state index < -0.39 is 4.92 Å². The minimum Gasteiger partial charge on any atom is -0.364 e. The Morgan fingerprint density at radius 3 is 2.65 bits per heavy atom. The van der Waals surface area contributed by atoms with Crippen LogP contribution in [0.5, 0.6) is 0 Å². The Kier molecular flexibility index (Phi) is 5.59. The number of halogens is 1. The fourth-order valence-electron chi connectivity index (χ4n) is 2.33. The van der Waals surface area contributed by atoms with E-state index in [0.717, 1.165) is 13.0 Å². The smallest absolute Gasteiger partial charge is 0.353 e. The standard InChI is InChI=1S/C16H16ClN7O2/c17-12-2-4-13(5-3-12)22-16-14(24(25)26)15(20-10-21-16)19-6-1-8-23-9-7-18-11-23/h2-5,7,9-11H,1,6,8H2,(H2,19,20,21,22). The number of hydrogen-bond donors (Lipinski definition) is 2. The average Bonchev–Trinajstić information content (AvgIpc) is 3.14. The van der Waals surface area contributed by atoms with Crippen molar-refractivity contribution < 1.29 is 4.92 Å². The Morgan fingerprint density at radius 2 is 1.96 bits per heavy atom. The molecule has 0 bridgehead atoms. The Hall–Kier alpha value is -3.20. The van der Waals surface area contributed by atoms with Gasteiger partial charge in [0, 0.05) is 36.2 Å². The van der Waals surface area contributed by atoms with Gasteiger partial charge in [-0.3, -0.25) is 10.1 Å². The largest absolute Gasteiger partial charge is 0.364 e. The number of benzene rings is 1. The van der Waals surface area contributed by atoms with Crippen molar-refractivity contribution in [2.75, 3.05) is 17.2 Å². The zero-order valence-corrected chi connectivity index (χ0v) is 14.4. The van der Waals surface area contributed by atoms with Crippen molar-refractivity contribution in [2.45, 2.75) is 13.0 Å². The van der Waals surface area contributed by atoms with Crippen molar-refractivity contribution in [2.24, 2.45) is 0 Å². The van der Waals surface area contributed by atoms with Gasteiger partial charge in [-0.15, -0.1) is 0 Å². The third-order valence-corrected chi connectivity index (χ3v) is 3.81. The highest BCUT2D eigenvalue weighted by atomic mass is 35.5. The Labute approximate surface area is 154 Å². The lowest BCUT2D eigenvalue weighted by atomic mass is 10.3. The lowest BCUT2D eigenvalue weighted by Crippen LogP contribution is -2.10. The molecule has 2 N–H and O–H groups in total. The molecular formula is C16H16ClN7O2. The molecular weight excluding hydrogens is 358 g/mol. The topological polar surface area (TPSA) is 111 Å². The Bertz CT molecular complexity index is 869. The van der Waals surface area contributed by atoms with Gasteiger partial charge >= 0.3 is 5.69 Å². The molecule has 10 heteroatoms. The van der Waals surface area contributed by atoms with Crippen LogP contribution in [0.2, 0.25) is 5.02 Å². The molecule has 0 spiro atoms. The van der Waals surface area contributed by atoms with E-state index in [1.165, 1.54) is 6.33 Å². The van der Waals surface area contributed by atoms with Crippen LogP contribution in [0.1, 0.15) is 6.42 Å². The van der Waals surface area contributed by atoms with Crippen LogP contribution in [0.25, 0.3) is 0 Å².